The molecule has 5 rings (SSSR count). The first-order valence-electron chi connectivity index (χ1n) is 9.42. The van der Waals surface area contributed by atoms with E-state index in [1.807, 2.05) is 36.6 Å². The molecule has 30 heavy (non-hydrogen) atoms. The number of allylic oxidation sites excluding steroid dienone is 2. The van der Waals surface area contributed by atoms with E-state index in [0.717, 1.165) is 11.3 Å². The summed E-state index contributed by atoms with van der Waals surface area (Å²) in [5, 5.41) is 9.25. The number of carbonyl (C=O) groups is 2. The van der Waals surface area contributed by atoms with Crippen LogP contribution in [0.5, 0.6) is 0 Å². The molecule has 0 spiro atoms. The number of fused-ring (bicyclic) bond motifs is 2. The predicted octanol–water partition coefficient (Wildman–Crippen LogP) is 3.18. The quantitative estimate of drug-likeness (QED) is 0.705. The zero-order valence-electron chi connectivity index (χ0n) is 16.4. The zero-order valence-corrected chi connectivity index (χ0v) is 17.2. The van der Waals surface area contributed by atoms with Crippen LogP contribution in [0.4, 0.5) is 5.95 Å². The van der Waals surface area contributed by atoms with Gasteiger partial charge in [-0.3, -0.25) is 14.9 Å². The van der Waals surface area contributed by atoms with Crippen LogP contribution >= 0.6 is 11.3 Å². The van der Waals surface area contributed by atoms with Crippen LogP contribution in [0.25, 0.3) is 16.2 Å². The zero-order chi connectivity index (χ0) is 20.9. The van der Waals surface area contributed by atoms with E-state index in [1.54, 1.807) is 40.8 Å². The summed E-state index contributed by atoms with van der Waals surface area (Å²) in [5.41, 5.74) is 1.98. The van der Waals surface area contributed by atoms with E-state index in [-0.39, 0.29) is 24.2 Å². The van der Waals surface area contributed by atoms with Gasteiger partial charge in [0.1, 0.15) is 11.4 Å². The lowest BCUT2D eigenvalue weighted by Gasteiger charge is -2.41. The molecule has 2 aliphatic heterocycles. The summed E-state index contributed by atoms with van der Waals surface area (Å²) in [7, 11) is 0. The minimum absolute atomic E-state index is 0.0304. The van der Waals surface area contributed by atoms with E-state index in [9.17, 15) is 9.59 Å². The summed E-state index contributed by atoms with van der Waals surface area (Å²) in [6.45, 7) is 3.75. The molecule has 0 fully saturated rings. The van der Waals surface area contributed by atoms with Gasteiger partial charge in [0, 0.05) is 17.1 Å². The molecule has 2 aliphatic rings. The number of amidine groups is 1. The van der Waals surface area contributed by atoms with Gasteiger partial charge in [0.25, 0.3) is 17.8 Å². The molecule has 9 heteroatoms. The van der Waals surface area contributed by atoms with Crippen molar-refractivity contribution >= 4 is 39.9 Å². The third-order valence-electron chi connectivity index (χ3n) is 5.25. The Balaban J connectivity index is 1.44. The van der Waals surface area contributed by atoms with Gasteiger partial charge in [0.2, 0.25) is 4.96 Å². The van der Waals surface area contributed by atoms with Crippen molar-refractivity contribution in [3.05, 3.63) is 59.6 Å². The van der Waals surface area contributed by atoms with Crippen molar-refractivity contribution in [1.29, 1.82) is 0 Å². The van der Waals surface area contributed by atoms with Gasteiger partial charge in [-0.25, -0.2) is 4.52 Å². The maximum absolute atomic E-state index is 13.2. The first-order valence-corrected chi connectivity index (χ1v) is 10.3. The number of hydrogen-bond acceptors (Lipinski definition) is 6. The number of aliphatic imine (C=N–C) groups is 1. The molecule has 3 aromatic rings. The molecule has 1 N–H and O–H groups in total. The van der Waals surface area contributed by atoms with E-state index in [1.165, 1.54) is 16.9 Å². The van der Waals surface area contributed by atoms with Crippen LogP contribution in [0, 0.1) is 6.92 Å². The number of hydrogen-bond donors (Lipinski definition) is 1. The number of benzene rings is 1. The fraction of sp³-hybridized carbons (Fsp3) is 0.190. The van der Waals surface area contributed by atoms with Crippen LogP contribution < -0.4 is 5.32 Å². The molecular formula is C21H18N6O2S. The number of aromatic nitrogens is 3. The predicted molar refractivity (Wildman–Crippen MR) is 115 cm³/mol. The van der Waals surface area contributed by atoms with Gasteiger partial charge in [0.15, 0.2) is 0 Å². The largest absolute Gasteiger partial charge is 0.317 e. The highest BCUT2D eigenvalue weighted by atomic mass is 32.1. The second kappa shape index (κ2) is 6.74. The molecule has 0 aliphatic carbocycles. The maximum atomic E-state index is 13.2. The molecule has 0 saturated carbocycles. The van der Waals surface area contributed by atoms with E-state index >= 15 is 0 Å². The third-order valence-corrected chi connectivity index (χ3v) is 6.06. The highest BCUT2D eigenvalue weighted by molar-refractivity contribution is 7.15. The summed E-state index contributed by atoms with van der Waals surface area (Å²) < 4.78 is 1.72. The van der Waals surface area contributed by atoms with Crippen molar-refractivity contribution in [1.82, 2.24) is 19.5 Å². The number of anilines is 1. The molecule has 1 unspecified atom stereocenters. The van der Waals surface area contributed by atoms with Crippen LogP contribution in [0.1, 0.15) is 18.9 Å². The number of rotatable bonds is 3. The van der Waals surface area contributed by atoms with E-state index in [0.29, 0.717) is 10.8 Å². The number of nitrogens with zero attached hydrogens (tertiary/aromatic N) is 5. The molecule has 1 atom stereocenters. The highest BCUT2D eigenvalue weighted by Gasteiger charge is 2.45. The SMILES string of the molecule is Cc1ccc(-c2csc3nc(NC(=O)C4(C)CC(=O)N=C5C=CC=CN54)nn23)cc1. The van der Waals surface area contributed by atoms with Gasteiger partial charge in [0.05, 0.1) is 12.1 Å². The normalized spacial score (nSPS) is 20.4. The Kier molecular flexibility index (Phi) is 4.14. The van der Waals surface area contributed by atoms with Crippen molar-refractivity contribution in [3.8, 4) is 11.3 Å². The molecule has 4 heterocycles. The minimum atomic E-state index is -1.12. The molecule has 2 aromatic heterocycles. The van der Waals surface area contributed by atoms with Gasteiger partial charge in [-0.05, 0) is 26.0 Å². The van der Waals surface area contributed by atoms with Crippen LogP contribution in [0.3, 0.4) is 0 Å². The summed E-state index contributed by atoms with van der Waals surface area (Å²) in [6, 6.07) is 8.14. The first-order chi connectivity index (χ1) is 14.4. The molecule has 0 radical (unpaired) electrons. The Hall–Kier alpha value is -3.59. The first kappa shape index (κ1) is 18.4. The second-order valence-electron chi connectivity index (χ2n) is 7.46. The van der Waals surface area contributed by atoms with E-state index < -0.39 is 5.54 Å². The lowest BCUT2D eigenvalue weighted by atomic mass is 9.91. The van der Waals surface area contributed by atoms with Gasteiger partial charge in [-0.15, -0.1) is 16.4 Å². The highest BCUT2D eigenvalue weighted by Crippen LogP contribution is 2.30. The summed E-state index contributed by atoms with van der Waals surface area (Å²) >= 11 is 1.45. The molecule has 150 valence electrons. The average Bonchev–Trinajstić information content (AvgIpc) is 3.29. The van der Waals surface area contributed by atoms with Crippen molar-refractivity contribution in [3.63, 3.8) is 0 Å². The summed E-state index contributed by atoms with van der Waals surface area (Å²) in [4.78, 5) is 36.1. The standard InChI is InChI=1S/C21H18N6O2S/c1-13-6-8-14(9-7-13)15-12-30-20-24-19(25-27(15)20)23-18(29)21(2)11-17(28)22-16-5-3-4-10-26(16)21/h3-10,12H,11H2,1-2H3,(H,23,25,29). The number of thiazole rings is 1. The van der Waals surface area contributed by atoms with Crippen LogP contribution in [-0.4, -0.2) is 42.7 Å². The summed E-state index contributed by atoms with van der Waals surface area (Å²) in [6.07, 6.45) is 7.01. The Labute approximate surface area is 176 Å². The van der Waals surface area contributed by atoms with Crippen molar-refractivity contribution in [2.45, 2.75) is 25.8 Å². The van der Waals surface area contributed by atoms with Crippen molar-refractivity contribution in [2.24, 2.45) is 4.99 Å². The molecular weight excluding hydrogens is 400 g/mol. The molecule has 0 bridgehead atoms. The van der Waals surface area contributed by atoms with Crippen LogP contribution in [0.2, 0.25) is 0 Å². The Morgan fingerprint density at radius 2 is 2.03 bits per heavy atom. The number of nitrogens with one attached hydrogen (secondary N) is 1. The fourth-order valence-electron chi connectivity index (χ4n) is 3.57. The topological polar surface area (TPSA) is 92.0 Å². The van der Waals surface area contributed by atoms with Gasteiger partial charge in [-0.1, -0.05) is 35.9 Å². The summed E-state index contributed by atoms with van der Waals surface area (Å²) in [5.74, 6) is -0.0426. The Morgan fingerprint density at radius 1 is 1.23 bits per heavy atom. The van der Waals surface area contributed by atoms with E-state index in [4.69, 9.17) is 0 Å². The third kappa shape index (κ3) is 2.94. The number of aryl methyl sites for hydroxylation is 1. The monoisotopic (exact) mass is 418 g/mol. The number of amides is 2. The molecule has 2 amide bonds. The minimum Gasteiger partial charge on any atom is -0.317 e. The Bertz CT molecular complexity index is 1270. The smallest absolute Gasteiger partial charge is 0.253 e. The average molecular weight is 418 g/mol. The van der Waals surface area contributed by atoms with Crippen molar-refractivity contribution in [2.75, 3.05) is 5.32 Å². The van der Waals surface area contributed by atoms with Crippen LogP contribution in [0.15, 0.2) is 59.1 Å². The Morgan fingerprint density at radius 3 is 2.83 bits per heavy atom. The molecule has 8 nitrogen and oxygen atoms in total. The van der Waals surface area contributed by atoms with Gasteiger partial charge < -0.3 is 4.90 Å². The maximum Gasteiger partial charge on any atom is 0.253 e. The lowest BCUT2D eigenvalue weighted by Crippen LogP contribution is -2.58. The van der Waals surface area contributed by atoms with E-state index in [2.05, 4.69) is 20.4 Å². The second-order valence-corrected chi connectivity index (χ2v) is 8.29. The molecule has 0 saturated heterocycles. The molecule has 1 aromatic carbocycles. The number of carbonyl (C=O) groups excluding carboxylic acids is 2. The lowest BCUT2D eigenvalue weighted by molar-refractivity contribution is -0.130. The van der Waals surface area contributed by atoms with Gasteiger partial charge >= 0.3 is 0 Å². The fourth-order valence-corrected chi connectivity index (χ4v) is 4.40. The van der Waals surface area contributed by atoms with Gasteiger partial charge in [-0.2, -0.15) is 9.98 Å². The van der Waals surface area contributed by atoms with Crippen molar-refractivity contribution < 1.29 is 9.59 Å². The van der Waals surface area contributed by atoms with Crippen LogP contribution in [-0.2, 0) is 9.59 Å².